The number of carbonyl (C=O) groups excluding carboxylic acids is 1. The molecule has 0 amide bonds. The fraction of sp³-hybridized carbons (Fsp3) is 0.783. The van der Waals surface area contributed by atoms with Gasteiger partial charge >= 0.3 is 5.97 Å². The topological polar surface area (TPSA) is 38.8 Å². The molecule has 3 aliphatic carbocycles. The number of hydrogen-bond acceptors (Lipinski definition) is 3. The van der Waals surface area contributed by atoms with Gasteiger partial charge in [-0.15, -0.1) is 0 Å². The van der Waals surface area contributed by atoms with E-state index >= 15 is 0 Å². The Kier molecular flexibility index (Phi) is 4.58. The Morgan fingerprint density at radius 3 is 2.81 bits per heavy atom. The van der Waals surface area contributed by atoms with Crippen LogP contribution in [0.5, 0.6) is 0 Å². The molecule has 0 radical (unpaired) electrons. The smallest absolute Gasteiger partial charge is 0.312 e. The number of ether oxygens (including phenoxy) is 2. The molecular weight excluding hydrogens is 324 g/mol. The van der Waals surface area contributed by atoms with Crippen molar-refractivity contribution < 1.29 is 14.3 Å². The summed E-state index contributed by atoms with van der Waals surface area (Å²) in [4.78, 5) is 13.0. The summed E-state index contributed by atoms with van der Waals surface area (Å²) in [5.74, 6) is 1.63. The molecule has 144 valence electrons. The second-order valence-corrected chi connectivity index (χ2v) is 9.79. The molecule has 0 bridgehead atoms. The van der Waals surface area contributed by atoms with Crippen molar-refractivity contribution in [3.05, 3.63) is 23.3 Å². The van der Waals surface area contributed by atoms with Crippen molar-refractivity contribution in [1.82, 2.24) is 0 Å². The van der Waals surface area contributed by atoms with Gasteiger partial charge in [0.2, 0.25) is 0 Å². The van der Waals surface area contributed by atoms with Gasteiger partial charge in [-0.1, -0.05) is 44.9 Å². The van der Waals surface area contributed by atoms with E-state index in [1.165, 1.54) is 19.3 Å². The quantitative estimate of drug-likeness (QED) is 0.520. The van der Waals surface area contributed by atoms with E-state index in [4.69, 9.17) is 9.47 Å². The van der Waals surface area contributed by atoms with Crippen molar-refractivity contribution >= 4 is 5.97 Å². The number of esters is 1. The third-order valence-electron chi connectivity index (χ3n) is 7.85. The molecular formula is C23H34O3. The molecule has 4 aliphatic rings. The van der Waals surface area contributed by atoms with E-state index in [9.17, 15) is 4.79 Å². The summed E-state index contributed by atoms with van der Waals surface area (Å²) in [6.45, 7) is 10.4. The van der Waals surface area contributed by atoms with Crippen molar-refractivity contribution in [2.24, 2.45) is 28.6 Å². The maximum atomic E-state index is 13.0. The van der Waals surface area contributed by atoms with E-state index in [2.05, 4.69) is 39.8 Å². The molecule has 0 N–H and O–H groups in total. The molecule has 2 unspecified atom stereocenters. The highest BCUT2D eigenvalue weighted by Gasteiger charge is 2.57. The summed E-state index contributed by atoms with van der Waals surface area (Å²) in [5, 5.41) is 0. The highest BCUT2D eigenvalue weighted by molar-refractivity contribution is 5.77. The Morgan fingerprint density at radius 1 is 1.35 bits per heavy atom. The summed E-state index contributed by atoms with van der Waals surface area (Å²) in [6, 6.07) is 0. The Labute approximate surface area is 158 Å². The fourth-order valence-electron chi connectivity index (χ4n) is 6.09. The van der Waals surface area contributed by atoms with Gasteiger partial charge in [0.25, 0.3) is 0 Å². The molecule has 3 nitrogen and oxygen atoms in total. The highest BCUT2D eigenvalue weighted by atomic mass is 16.6. The Hall–Kier alpha value is -1.09. The summed E-state index contributed by atoms with van der Waals surface area (Å²) < 4.78 is 10.9. The lowest BCUT2D eigenvalue weighted by atomic mass is 9.47. The van der Waals surface area contributed by atoms with Gasteiger partial charge < -0.3 is 9.47 Å². The van der Waals surface area contributed by atoms with Crippen molar-refractivity contribution in [3.63, 3.8) is 0 Å². The minimum atomic E-state index is -0.355. The van der Waals surface area contributed by atoms with E-state index in [-0.39, 0.29) is 22.9 Å². The number of fused-ring (bicyclic) bond motifs is 3. The SMILES string of the molecule is CC(C)C1=CC2=CCC3[C@](C)(C(=O)OCC4CO4)CCC[C@]3(C)[C@H]2CC1. The third kappa shape index (κ3) is 2.96. The minimum Gasteiger partial charge on any atom is -0.462 e. The van der Waals surface area contributed by atoms with Gasteiger partial charge in [0.15, 0.2) is 0 Å². The Morgan fingerprint density at radius 2 is 2.12 bits per heavy atom. The molecule has 26 heavy (non-hydrogen) atoms. The van der Waals surface area contributed by atoms with Crippen LogP contribution < -0.4 is 0 Å². The summed E-state index contributed by atoms with van der Waals surface area (Å²) in [5.41, 5.74) is 3.00. The molecule has 2 fully saturated rings. The van der Waals surface area contributed by atoms with Crippen LogP contribution in [-0.2, 0) is 14.3 Å². The van der Waals surface area contributed by atoms with Crippen LogP contribution in [0, 0.1) is 28.6 Å². The molecule has 3 heteroatoms. The summed E-state index contributed by atoms with van der Waals surface area (Å²) >= 11 is 0. The van der Waals surface area contributed by atoms with Gasteiger partial charge in [-0.2, -0.15) is 0 Å². The number of allylic oxidation sites excluding steroid dienone is 4. The van der Waals surface area contributed by atoms with Crippen molar-refractivity contribution in [3.8, 4) is 0 Å². The second kappa shape index (κ2) is 6.51. The van der Waals surface area contributed by atoms with Crippen molar-refractivity contribution in [2.45, 2.75) is 72.3 Å². The van der Waals surface area contributed by atoms with Crippen LogP contribution in [0.4, 0.5) is 0 Å². The highest BCUT2D eigenvalue weighted by Crippen LogP contribution is 2.62. The maximum absolute atomic E-state index is 13.0. The average Bonchev–Trinajstić information content (AvgIpc) is 3.43. The van der Waals surface area contributed by atoms with E-state index in [1.54, 1.807) is 11.1 Å². The molecule has 0 aromatic rings. The first-order valence-electron chi connectivity index (χ1n) is 10.5. The van der Waals surface area contributed by atoms with E-state index in [1.807, 2.05) is 0 Å². The molecule has 5 atom stereocenters. The van der Waals surface area contributed by atoms with Gasteiger partial charge in [0, 0.05) is 0 Å². The van der Waals surface area contributed by atoms with Crippen LogP contribution in [0.1, 0.15) is 66.2 Å². The molecule has 1 saturated heterocycles. The molecule has 4 rings (SSSR count). The molecule has 1 aliphatic heterocycles. The third-order valence-corrected chi connectivity index (χ3v) is 7.85. The predicted molar refractivity (Wildman–Crippen MR) is 103 cm³/mol. The lowest BCUT2D eigenvalue weighted by Gasteiger charge is -2.57. The Bertz CT molecular complexity index is 642. The van der Waals surface area contributed by atoms with Crippen LogP contribution in [0.15, 0.2) is 23.3 Å². The van der Waals surface area contributed by atoms with Crippen LogP contribution in [-0.4, -0.2) is 25.3 Å². The zero-order valence-corrected chi connectivity index (χ0v) is 16.8. The first-order valence-corrected chi connectivity index (χ1v) is 10.5. The van der Waals surface area contributed by atoms with Gasteiger partial charge in [0.1, 0.15) is 12.7 Å². The fourth-order valence-corrected chi connectivity index (χ4v) is 6.09. The minimum absolute atomic E-state index is 0.00926. The molecule has 0 aromatic carbocycles. The largest absolute Gasteiger partial charge is 0.462 e. The number of hydrogen-bond donors (Lipinski definition) is 0. The predicted octanol–water partition coefficient (Wildman–Crippen LogP) is 5.06. The van der Waals surface area contributed by atoms with Gasteiger partial charge in [0.05, 0.1) is 12.0 Å². The van der Waals surface area contributed by atoms with Crippen LogP contribution in [0.2, 0.25) is 0 Å². The number of rotatable bonds is 4. The van der Waals surface area contributed by atoms with E-state index < -0.39 is 0 Å². The lowest BCUT2D eigenvalue weighted by molar-refractivity contribution is -0.169. The average molecular weight is 359 g/mol. The van der Waals surface area contributed by atoms with Crippen molar-refractivity contribution in [2.75, 3.05) is 13.2 Å². The normalized spacial score (nSPS) is 41.7. The second-order valence-electron chi connectivity index (χ2n) is 9.79. The Balaban J connectivity index is 1.60. The van der Waals surface area contributed by atoms with Crippen LogP contribution >= 0.6 is 0 Å². The number of carbonyl (C=O) groups is 1. The first kappa shape index (κ1) is 18.3. The zero-order valence-electron chi connectivity index (χ0n) is 16.8. The maximum Gasteiger partial charge on any atom is 0.312 e. The van der Waals surface area contributed by atoms with Gasteiger partial charge in [-0.25, -0.2) is 0 Å². The first-order chi connectivity index (χ1) is 12.3. The van der Waals surface area contributed by atoms with Crippen LogP contribution in [0.3, 0.4) is 0 Å². The van der Waals surface area contributed by atoms with Gasteiger partial charge in [-0.3, -0.25) is 4.79 Å². The molecule has 1 heterocycles. The molecule has 0 aromatic heterocycles. The van der Waals surface area contributed by atoms with Crippen molar-refractivity contribution in [1.29, 1.82) is 0 Å². The van der Waals surface area contributed by atoms with Gasteiger partial charge in [-0.05, 0) is 67.8 Å². The van der Waals surface area contributed by atoms with Crippen LogP contribution in [0.25, 0.3) is 0 Å². The van der Waals surface area contributed by atoms with E-state index in [0.29, 0.717) is 24.4 Å². The zero-order chi connectivity index (χ0) is 18.5. The molecule has 0 spiro atoms. The standard InChI is InChI=1S/C23H34O3/c1-15(2)16-6-8-19-17(12-16)7-9-20-22(19,3)10-5-11-23(20,4)21(24)26-14-18-13-25-18/h7,12,15,18-20H,5-6,8-11,13-14H2,1-4H3/t18?,19-,20?,22+,23+/m0/s1. The monoisotopic (exact) mass is 358 g/mol. The number of epoxide rings is 1. The molecule has 1 saturated carbocycles. The summed E-state index contributed by atoms with van der Waals surface area (Å²) in [6.07, 6.45) is 11.9. The lowest BCUT2D eigenvalue weighted by Crippen LogP contribution is -2.53. The summed E-state index contributed by atoms with van der Waals surface area (Å²) in [7, 11) is 0. The van der Waals surface area contributed by atoms with E-state index in [0.717, 1.165) is 25.9 Å².